The van der Waals surface area contributed by atoms with Gasteiger partial charge in [0.2, 0.25) is 0 Å². The van der Waals surface area contributed by atoms with Crippen molar-refractivity contribution in [3.05, 3.63) is 22.4 Å². The van der Waals surface area contributed by atoms with Crippen LogP contribution in [0.15, 0.2) is 17.5 Å². The summed E-state index contributed by atoms with van der Waals surface area (Å²) in [5.41, 5.74) is -1.41. The van der Waals surface area contributed by atoms with Crippen LogP contribution >= 0.6 is 11.3 Å². The topological polar surface area (TPSA) is 92.7 Å². The minimum atomic E-state index is -0.750. The number of carbonyl (C=O) groups excluding carboxylic acids is 3. The molecule has 4 aliphatic rings. The quantitative estimate of drug-likeness (QED) is 0.797. The average molecular weight is 363 g/mol. The molecule has 134 valence electrons. The standard InChI is InChI=1S/C18H21NO5S/c20-14(19-15(21)13-2-1-3-25-13)9-24-16(22)17-5-11-4-12(6-17)8-18(23,7-11)10-17/h1-3,11-12,23H,4-10H2,(H,19,20,21)/t11-,12+,17?,18?. The van der Waals surface area contributed by atoms with E-state index in [-0.39, 0.29) is 0 Å². The van der Waals surface area contributed by atoms with Crippen molar-refractivity contribution in [1.29, 1.82) is 0 Å². The molecule has 7 heteroatoms. The van der Waals surface area contributed by atoms with Gasteiger partial charge in [-0.15, -0.1) is 11.3 Å². The SMILES string of the molecule is O=C(COC(=O)C12C[C@@H]3C[C@@H](CC(O)(C3)C1)C2)NC(=O)c1cccs1. The van der Waals surface area contributed by atoms with Gasteiger partial charge in [0.1, 0.15) is 0 Å². The minimum absolute atomic E-state index is 0.369. The molecule has 4 aliphatic carbocycles. The van der Waals surface area contributed by atoms with Crippen LogP contribution in [0, 0.1) is 17.3 Å². The maximum absolute atomic E-state index is 12.7. The van der Waals surface area contributed by atoms with E-state index in [1.807, 2.05) is 0 Å². The Hall–Kier alpha value is -1.73. The molecule has 0 spiro atoms. The number of nitrogens with one attached hydrogen (secondary N) is 1. The summed E-state index contributed by atoms with van der Waals surface area (Å²) in [7, 11) is 0. The van der Waals surface area contributed by atoms with E-state index in [2.05, 4.69) is 5.32 Å². The maximum atomic E-state index is 12.7. The Kier molecular flexibility index (Phi) is 3.96. The molecule has 2 unspecified atom stereocenters. The molecule has 5 rings (SSSR count). The number of thiophene rings is 1. The summed E-state index contributed by atoms with van der Waals surface area (Å²) in [6, 6.07) is 3.34. The van der Waals surface area contributed by atoms with Gasteiger partial charge in [0, 0.05) is 0 Å². The molecule has 4 saturated carbocycles. The lowest BCUT2D eigenvalue weighted by atomic mass is 9.48. The second-order valence-corrected chi connectivity index (χ2v) is 8.84. The number of carbonyl (C=O) groups is 3. The monoisotopic (exact) mass is 363 g/mol. The van der Waals surface area contributed by atoms with Gasteiger partial charge in [0.25, 0.3) is 11.8 Å². The van der Waals surface area contributed by atoms with Gasteiger partial charge in [-0.05, 0) is 61.8 Å². The van der Waals surface area contributed by atoms with Crippen molar-refractivity contribution >= 4 is 29.1 Å². The van der Waals surface area contributed by atoms with Crippen LogP contribution in [-0.2, 0) is 14.3 Å². The van der Waals surface area contributed by atoms with Crippen LogP contribution in [0.3, 0.4) is 0 Å². The first-order valence-electron chi connectivity index (χ1n) is 8.65. The van der Waals surface area contributed by atoms with Crippen LogP contribution in [-0.4, -0.2) is 35.1 Å². The summed E-state index contributed by atoms with van der Waals surface area (Å²) in [5.74, 6) is -0.782. The molecule has 2 amide bonds. The van der Waals surface area contributed by atoms with Crippen LogP contribution in [0.2, 0.25) is 0 Å². The van der Waals surface area contributed by atoms with Gasteiger partial charge < -0.3 is 9.84 Å². The molecule has 1 aromatic heterocycles. The van der Waals surface area contributed by atoms with E-state index >= 15 is 0 Å². The Morgan fingerprint density at radius 1 is 1.24 bits per heavy atom. The number of amides is 2. The maximum Gasteiger partial charge on any atom is 0.312 e. The largest absolute Gasteiger partial charge is 0.455 e. The third-order valence-corrected chi connectivity index (χ3v) is 6.66. The van der Waals surface area contributed by atoms with E-state index in [1.165, 1.54) is 11.3 Å². The van der Waals surface area contributed by atoms with Crippen molar-refractivity contribution in [1.82, 2.24) is 5.32 Å². The van der Waals surface area contributed by atoms with Crippen molar-refractivity contribution in [2.45, 2.75) is 44.1 Å². The van der Waals surface area contributed by atoms with Crippen LogP contribution in [0.25, 0.3) is 0 Å². The molecule has 1 aromatic rings. The Morgan fingerprint density at radius 3 is 2.56 bits per heavy atom. The minimum Gasteiger partial charge on any atom is -0.455 e. The Labute approximate surface area is 149 Å². The smallest absolute Gasteiger partial charge is 0.312 e. The van der Waals surface area contributed by atoms with Gasteiger partial charge in [-0.3, -0.25) is 19.7 Å². The molecule has 0 aliphatic heterocycles. The van der Waals surface area contributed by atoms with Crippen molar-refractivity contribution in [2.24, 2.45) is 17.3 Å². The Balaban J connectivity index is 1.35. The molecule has 1 heterocycles. The predicted molar refractivity (Wildman–Crippen MR) is 89.8 cm³/mol. The molecule has 6 nitrogen and oxygen atoms in total. The zero-order valence-corrected chi connectivity index (χ0v) is 14.6. The number of hydrogen-bond donors (Lipinski definition) is 2. The summed E-state index contributed by atoms with van der Waals surface area (Å²) in [6.45, 7) is -0.467. The summed E-state index contributed by atoms with van der Waals surface area (Å²) < 4.78 is 5.24. The predicted octanol–water partition coefficient (Wildman–Crippen LogP) is 1.88. The fourth-order valence-electron chi connectivity index (χ4n) is 5.37. The lowest BCUT2D eigenvalue weighted by Crippen LogP contribution is -2.58. The fraction of sp³-hybridized carbons (Fsp3) is 0.611. The third kappa shape index (κ3) is 3.11. The van der Waals surface area contributed by atoms with Crippen molar-refractivity contribution in [3.63, 3.8) is 0 Å². The molecule has 25 heavy (non-hydrogen) atoms. The Bertz CT molecular complexity index is 699. The number of imide groups is 1. The summed E-state index contributed by atoms with van der Waals surface area (Å²) in [4.78, 5) is 36.8. The van der Waals surface area contributed by atoms with E-state index in [9.17, 15) is 19.5 Å². The zero-order valence-electron chi connectivity index (χ0n) is 13.8. The first-order chi connectivity index (χ1) is 11.9. The molecular formula is C18H21NO5S. The van der Waals surface area contributed by atoms with Gasteiger partial charge in [0.05, 0.1) is 15.9 Å². The van der Waals surface area contributed by atoms with E-state index in [1.54, 1.807) is 17.5 Å². The second kappa shape index (κ2) is 5.92. The second-order valence-electron chi connectivity index (χ2n) is 7.90. The summed E-state index contributed by atoms with van der Waals surface area (Å²) >= 11 is 1.24. The number of ether oxygens (including phenoxy) is 1. The molecule has 0 aromatic carbocycles. The highest BCUT2D eigenvalue weighted by Gasteiger charge is 2.60. The van der Waals surface area contributed by atoms with Crippen molar-refractivity contribution in [2.75, 3.05) is 6.61 Å². The zero-order chi connectivity index (χ0) is 17.7. The highest BCUT2D eigenvalue weighted by Crippen LogP contribution is 2.61. The highest BCUT2D eigenvalue weighted by molar-refractivity contribution is 7.12. The highest BCUT2D eigenvalue weighted by atomic mass is 32.1. The third-order valence-electron chi connectivity index (χ3n) is 5.80. The number of aliphatic hydroxyl groups is 1. The van der Waals surface area contributed by atoms with Gasteiger partial charge in [-0.25, -0.2) is 0 Å². The van der Waals surface area contributed by atoms with Crippen LogP contribution < -0.4 is 5.32 Å². The molecule has 4 atom stereocenters. The van der Waals surface area contributed by atoms with E-state index < -0.39 is 35.4 Å². The lowest BCUT2D eigenvalue weighted by Gasteiger charge is -2.58. The van der Waals surface area contributed by atoms with Crippen molar-refractivity contribution in [3.8, 4) is 0 Å². The summed E-state index contributed by atoms with van der Waals surface area (Å²) in [5, 5.41) is 14.7. The van der Waals surface area contributed by atoms with E-state index in [4.69, 9.17) is 4.74 Å². The number of esters is 1. The summed E-state index contributed by atoms with van der Waals surface area (Å²) in [6.07, 6.45) is 4.53. The van der Waals surface area contributed by atoms with E-state index in [0.29, 0.717) is 23.1 Å². The van der Waals surface area contributed by atoms with Gasteiger partial charge in [0.15, 0.2) is 6.61 Å². The molecule has 0 saturated heterocycles. The molecule has 2 N–H and O–H groups in total. The lowest BCUT2D eigenvalue weighted by molar-refractivity contribution is -0.196. The van der Waals surface area contributed by atoms with Crippen LogP contribution in [0.5, 0.6) is 0 Å². The molecular weight excluding hydrogens is 342 g/mol. The van der Waals surface area contributed by atoms with Crippen LogP contribution in [0.4, 0.5) is 0 Å². The Morgan fingerprint density at radius 2 is 1.96 bits per heavy atom. The first-order valence-corrected chi connectivity index (χ1v) is 9.53. The van der Waals surface area contributed by atoms with E-state index in [0.717, 1.165) is 32.1 Å². The molecule has 0 radical (unpaired) electrons. The average Bonchev–Trinajstić information content (AvgIpc) is 3.04. The molecule has 4 bridgehead atoms. The van der Waals surface area contributed by atoms with Gasteiger partial charge in [-0.1, -0.05) is 6.07 Å². The van der Waals surface area contributed by atoms with Crippen molar-refractivity contribution < 1.29 is 24.2 Å². The van der Waals surface area contributed by atoms with Crippen LogP contribution in [0.1, 0.15) is 48.2 Å². The molecule has 4 fully saturated rings. The first kappa shape index (κ1) is 16.7. The normalized spacial score (nSPS) is 35.4. The van der Waals surface area contributed by atoms with Gasteiger partial charge in [-0.2, -0.15) is 0 Å². The number of rotatable bonds is 4. The number of hydrogen-bond acceptors (Lipinski definition) is 6. The van der Waals surface area contributed by atoms with Gasteiger partial charge >= 0.3 is 5.97 Å². The fourth-order valence-corrected chi connectivity index (χ4v) is 5.99.